The van der Waals surface area contributed by atoms with E-state index in [2.05, 4.69) is 20.7 Å². The highest BCUT2D eigenvalue weighted by Gasteiger charge is 2.16. The van der Waals surface area contributed by atoms with Crippen LogP contribution >= 0.6 is 0 Å². The van der Waals surface area contributed by atoms with Crippen LogP contribution in [0.2, 0.25) is 0 Å². The molecule has 0 unspecified atom stereocenters. The summed E-state index contributed by atoms with van der Waals surface area (Å²) >= 11 is 0. The zero-order valence-corrected chi connectivity index (χ0v) is 15.1. The molecule has 0 saturated carbocycles. The first-order valence-electron chi connectivity index (χ1n) is 8.70. The number of hydrogen-bond donors (Lipinski definition) is 0. The molecule has 0 aliphatic heterocycles. The summed E-state index contributed by atoms with van der Waals surface area (Å²) in [6.45, 7) is 0.686. The monoisotopic (exact) mass is 358 g/mol. The highest BCUT2D eigenvalue weighted by Crippen LogP contribution is 2.29. The van der Waals surface area contributed by atoms with E-state index >= 15 is 0 Å². The molecule has 0 saturated heterocycles. The zero-order chi connectivity index (χ0) is 18.4. The molecule has 0 N–H and O–H groups in total. The van der Waals surface area contributed by atoms with E-state index in [4.69, 9.17) is 9.40 Å². The lowest BCUT2D eigenvalue weighted by atomic mass is 10.3. The second kappa shape index (κ2) is 5.98. The first-order chi connectivity index (χ1) is 13.2. The minimum atomic E-state index is 0.686. The van der Waals surface area contributed by atoms with Crippen molar-refractivity contribution in [3.8, 4) is 23.2 Å². The van der Waals surface area contributed by atoms with Crippen molar-refractivity contribution in [2.75, 3.05) is 0 Å². The summed E-state index contributed by atoms with van der Waals surface area (Å²) in [7, 11) is 3.91. The van der Waals surface area contributed by atoms with Gasteiger partial charge in [0.25, 0.3) is 0 Å². The van der Waals surface area contributed by atoms with E-state index in [9.17, 15) is 0 Å². The molecule has 0 aliphatic rings. The van der Waals surface area contributed by atoms with Crippen LogP contribution in [0.3, 0.4) is 0 Å². The smallest absolute Gasteiger partial charge is 0.177 e. The molecule has 5 aromatic rings. The van der Waals surface area contributed by atoms with Gasteiger partial charge in [0.15, 0.2) is 23.2 Å². The highest BCUT2D eigenvalue weighted by molar-refractivity contribution is 5.79. The Morgan fingerprint density at radius 3 is 2.59 bits per heavy atom. The molecule has 27 heavy (non-hydrogen) atoms. The van der Waals surface area contributed by atoms with Gasteiger partial charge in [0, 0.05) is 38.2 Å². The summed E-state index contributed by atoms with van der Waals surface area (Å²) in [5.41, 5.74) is 3.13. The van der Waals surface area contributed by atoms with Crippen LogP contribution in [0.1, 0.15) is 5.56 Å². The van der Waals surface area contributed by atoms with Crippen LogP contribution in [0, 0.1) is 0 Å². The molecule has 4 aromatic heterocycles. The van der Waals surface area contributed by atoms with Crippen molar-refractivity contribution in [1.29, 1.82) is 0 Å². The van der Waals surface area contributed by atoms with Crippen molar-refractivity contribution < 1.29 is 4.42 Å². The van der Waals surface area contributed by atoms with Gasteiger partial charge in [-0.1, -0.05) is 12.1 Å². The largest absolute Gasteiger partial charge is 0.450 e. The van der Waals surface area contributed by atoms with E-state index in [1.807, 2.05) is 67.6 Å². The molecule has 1 aromatic carbocycles. The standard InChI is InChI=1S/C20H18N6O/c1-24-12-14(11-22-24)13-26-10-9-21-19(26)17-7-8-18(27-17)20-23-15-5-3-4-6-16(15)25(20)2/h3-12H,13H2,1-2H3. The van der Waals surface area contributed by atoms with E-state index < -0.39 is 0 Å². The summed E-state index contributed by atoms with van der Waals surface area (Å²) in [6, 6.07) is 11.9. The molecular weight excluding hydrogens is 340 g/mol. The summed E-state index contributed by atoms with van der Waals surface area (Å²) in [6.07, 6.45) is 7.58. The van der Waals surface area contributed by atoms with Crippen molar-refractivity contribution in [1.82, 2.24) is 28.9 Å². The van der Waals surface area contributed by atoms with Crippen LogP contribution in [-0.2, 0) is 20.6 Å². The number of fused-ring (bicyclic) bond motifs is 1. The number of benzene rings is 1. The Morgan fingerprint density at radius 2 is 1.81 bits per heavy atom. The zero-order valence-electron chi connectivity index (χ0n) is 15.1. The summed E-state index contributed by atoms with van der Waals surface area (Å²) < 4.78 is 12.0. The number of furan rings is 1. The van der Waals surface area contributed by atoms with Gasteiger partial charge in [-0.2, -0.15) is 5.10 Å². The van der Waals surface area contributed by atoms with Gasteiger partial charge in [0.05, 0.1) is 23.8 Å². The predicted molar refractivity (Wildman–Crippen MR) is 102 cm³/mol. The van der Waals surface area contributed by atoms with Crippen LogP contribution in [-0.4, -0.2) is 28.9 Å². The van der Waals surface area contributed by atoms with Gasteiger partial charge in [-0.3, -0.25) is 4.68 Å². The van der Waals surface area contributed by atoms with Crippen molar-refractivity contribution >= 4 is 11.0 Å². The first-order valence-corrected chi connectivity index (χ1v) is 8.70. The third kappa shape index (κ3) is 2.64. The maximum absolute atomic E-state index is 6.12. The highest BCUT2D eigenvalue weighted by atomic mass is 16.3. The molecule has 0 aliphatic carbocycles. The Labute approximate surface area is 155 Å². The van der Waals surface area contributed by atoms with Crippen LogP contribution in [0.4, 0.5) is 0 Å². The lowest BCUT2D eigenvalue weighted by molar-refractivity contribution is 0.578. The molecule has 0 fully saturated rings. The molecular formula is C20H18N6O. The van der Waals surface area contributed by atoms with Crippen molar-refractivity contribution in [2.24, 2.45) is 14.1 Å². The quantitative estimate of drug-likeness (QED) is 0.493. The minimum absolute atomic E-state index is 0.686. The van der Waals surface area contributed by atoms with Crippen molar-refractivity contribution in [3.63, 3.8) is 0 Å². The second-order valence-corrected chi connectivity index (χ2v) is 6.55. The van der Waals surface area contributed by atoms with E-state index in [1.54, 1.807) is 10.9 Å². The fourth-order valence-electron chi connectivity index (χ4n) is 3.36. The lowest BCUT2D eigenvalue weighted by Crippen LogP contribution is -1.99. The molecule has 134 valence electrons. The fourth-order valence-corrected chi connectivity index (χ4v) is 3.36. The minimum Gasteiger partial charge on any atom is -0.450 e. The van der Waals surface area contributed by atoms with Gasteiger partial charge in [-0.05, 0) is 24.3 Å². The maximum Gasteiger partial charge on any atom is 0.177 e. The van der Waals surface area contributed by atoms with Crippen LogP contribution in [0.15, 0.2) is 65.6 Å². The molecule has 7 nitrogen and oxygen atoms in total. The molecule has 0 atom stereocenters. The summed E-state index contributed by atoms with van der Waals surface area (Å²) in [4.78, 5) is 9.18. The molecule has 7 heteroatoms. The topological polar surface area (TPSA) is 66.6 Å². The average Bonchev–Trinajstić information content (AvgIpc) is 3.43. The van der Waals surface area contributed by atoms with E-state index in [0.29, 0.717) is 12.3 Å². The van der Waals surface area contributed by atoms with Gasteiger partial charge in [0.1, 0.15) is 0 Å². The van der Waals surface area contributed by atoms with E-state index in [1.165, 1.54) is 0 Å². The number of para-hydroxylation sites is 2. The summed E-state index contributed by atoms with van der Waals surface area (Å²) in [5, 5.41) is 4.22. The Hall–Kier alpha value is -3.61. The summed E-state index contributed by atoms with van der Waals surface area (Å²) in [5.74, 6) is 3.02. The van der Waals surface area contributed by atoms with E-state index in [0.717, 1.165) is 34.0 Å². The Morgan fingerprint density at radius 1 is 1.00 bits per heavy atom. The molecule has 0 spiro atoms. The van der Waals surface area contributed by atoms with Gasteiger partial charge >= 0.3 is 0 Å². The Balaban J connectivity index is 1.51. The molecule has 4 heterocycles. The van der Waals surface area contributed by atoms with Crippen molar-refractivity contribution in [2.45, 2.75) is 6.54 Å². The molecule has 0 radical (unpaired) electrons. The third-order valence-electron chi connectivity index (χ3n) is 4.66. The normalized spacial score (nSPS) is 11.5. The van der Waals surface area contributed by atoms with Crippen LogP contribution < -0.4 is 0 Å². The predicted octanol–water partition coefficient (Wildman–Crippen LogP) is 3.48. The first kappa shape index (κ1) is 15.6. The Kier molecular flexibility index (Phi) is 3.46. The van der Waals surface area contributed by atoms with Gasteiger partial charge in [-0.25, -0.2) is 9.97 Å². The van der Waals surface area contributed by atoms with Crippen LogP contribution in [0.5, 0.6) is 0 Å². The number of hydrogen-bond acceptors (Lipinski definition) is 4. The number of nitrogens with zero attached hydrogens (tertiary/aromatic N) is 6. The van der Waals surface area contributed by atoms with E-state index in [-0.39, 0.29) is 0 Å². The third-order valence-corrected chi connectivity index (χ3v) is 4.66. The van der Waals surface area contributed by atoms with Crippen molar-refractivity contribution in [3.05, 3.63) is 66.7 Å². The lowest BCUT2D eigenvalue weighted by Gasteiger charge is -2.04. The molecule has 0 amide bonds. The molecule has 5 rings (SSSR count). The van der Waals surface area contributed by atoms with Gasteiger partial charge in [-0.15, -0.1) is 0 Å². The average molecular weight is 358 g/mol. The van der Waals surface area contributed by atoms with Gasteiger partial charge < -0.3 is 13.6 Å². The van der Waals surface area contributed by atoms with Gasteiger partial charge in [0.2, 0.25) is 0 Å². The van der Waals surface area contributed by atoms with Crippen LogP contribution in [0.25, 0.3) is 34.2 Å². The molecule has 0 bridgehead atoms. The second-order valence-electron chi connectivity index (χ2n) is 6.55. The number of aryl methyl sites for hydroxylation is 2. The fraction of sp³-hybridized carbons (Fsp3) is 0.150. The maximum atomic E-state index is 6.12. The number of aromatic nitrogens is 6. The number of rotatable bonds is 4. The number of imidazole rings is 2. The Bertz CT molecular complexity index is 1240. The SMILES string of the molecule is Cn1cc(Cn2ccnc2-c2ccc(-c3nc4ccccc4n3C)o2)cn1.